The molecule has 1 aliphatic heterocycles. The summed E-state index contributed by atoms with van der Waals surface area (Å²) in [6.07, 6.45) is 2.10. The molecule has 0 spiro atoms. The molecule has 4 heteroatoms. The molecule has 0 atom stereocenters. The number of halogens is 1. The quantitative estimate of drug-likeness (QED) is 0.725. The van der Waals surface area contributed by atoms with Crippen LogP contribution in [-0.4, -0.2) is 11.5 Å². The average Bonchev–Trinajstić information content (AvgIpc) is 2.89. The maximum absolute atomic E-state index is 13.2. The molecule has 0 bridgehead atoms. The number of benzene rings is 2. The van der Waals surface area contributed by atoms with Crippen LogP contribution in [-0.2, 0) is 6.42 Å². The molecule has 100 valence electrons. The monoisotopic (exact) mass is 268 g/mol. The lowest BCUT2D eigenvalue weighted by molar-refractivity contribution is 0.601. The molecule has 0 fully saturated rings. The lowest BCUT2D eigenvalue weighted by Gasteiger charge is -2.19. The molecule has 0 amide bonds. The van der Waals surface area contributed by atoms with E-state index in [0.29, 0.717) is 17.0 Å². The second-order valence-corrected chi connectivity index (χ2v) is 4.99. The molecule has 1 N–H and O–H groups in total. The SMILES string of the molecule is Fc1ccc2nc(-c3cccc4c3CCCN4)oc2c1. The zero-order valence-corrected chi connectivity index (χ0v) is 10.8. The summed E-state index contributed by atoms with van der Waals surface area (Å²) in [5, 5.41) is 3.39. The van der Waals surface area contributed by atoms with Crippen molar-refractivity contribution in [2.24, 2.45) is 0 Å². The van der Waals surface area contributed by atoms with Gasteiger partial charge in [0.05, 0.1) is 0 Å². The van der Waals surface area contributed by atoms with Gasteiger partial charge in [-0.2, -0.15) is 0 Å². The van der Waals surface area contributed by atoms with Crippen molar-refractivity contribution in [1.82, 2.24) is 4.98 Å². The molecule has 1 aliphatic rings. The Morgan fingerprint density at radius 1 is 1.20 bits per heavy atom. The molecule has 20 heavy (non-hydrogen) atoms. The van der Waals surface area contributed by atoms with E-state index in [4.69, 9.17) is 4.42 Å². The van der Waals surface area contributed by atoms with Crippen LogP contribution in [0.25, 0.3) is 22.6 Å². The zero-order chi connectivity index (χ0) is 13.5. The van der Waals surface area contributed by atoms with E-state index in [1.54, 1.807) is 6.07 Å². The van der Waals surface area contributed by atoms with Crippen LogP contribution in [0.2, 0.25) is 0 Å². The Balaban J connectivity index is 1.90. The van der Waals surface area contributed by atoms with Crippen LogP contribution in [0, 0.1) is 5.82 Å². The minimum absolute atomic E-state index is 0.308. The predicted octanol–water partition coefficient (Wildman–Crippen LogP) is 3.99. The molecule has 0 radical (unpaired) electrons. The molecule has 2 heterocycles. The third kappa shape index (κ3) is 1.76. The van der Waals surface area contributed by atoms with Gasteiger partial charge in [-0.25, -0.2) is 9.37 Å². The molecule has 0 saturated carbocycles. The fourth-order valence-corrected chi connectivity index (χ4v) is 2.72. The predicted molar refractivity (Wildman–Crippen MR) is 76.2 cm³/mol. The minimum atomic E-state index is -0.308. The molecule has 0 aliphatic carbocycles. The van der Waals surface area contributed by atoms with Gasteiger partial charge < -0.3 is 9.73 Å². The van der Waals surface area contributed by atoms with Crippen molar-refractivity contribution in [3.8, 4) is 11.5 Å². The Kier molecular flexibility index (Phi) is 2.49. The summed E-state index contributed by atoms with van der Waals surface area (Å²) in [5.41, 5.74) is 4.53. The molecule has 3 aromatic rings. The van der Waals surface area contributed by atoms with E-state index >= 15 is 0 Å². The summed E-state index contributed by atoms with van der Waals surface area (Å²) in [6, 6.07) is 10.5. The fourth-order valence-electron chi connectivity index (χ4n) is 2.72. The van der Waals surface area contributed by atoms with Crippen LogP contribution >= 0.6 is 0 Å². The Labute approximate surface area is 115 Å². The van der Waals surface area contributed by atoms with Gasteiger partial charge in [0.25, 0.3) is 0 Å². The molecule has 3 nitrogen and oxygen atoms in total. The third-order valence-corrected chi connectivity index (χ3v) is 3.68. The number of oxazole rings is 1. The van der Waals surface area contributed by atoms with E-state index < -0.39 is 0 Å². The van der Waals surface area contributed by atoms with Crippen LogP contribution in [0.1, 0.15) is 12.0 Å². The second-order valence-electron chi connectivity index (χ2n) is 4.99. The fraction of sp³-hybridized carbons (Fsp3) is 0.188. The maximum Gasteiger partial charge on any atom is 0.227 e. The number of hydrogen-bond acceptors (Lipinski definition) is 3. The van der Waals surface area contributed by atoms with Gasteiger partial charge in [0, 0.05) is 23.9 Å². The molecule has 0 saturated heterocycles. The van der Waals surface area contributed by atoms with Gasteiger partial charge in [0.2, 0.25) is 5.89 Å². The lowest BCUT2D eigenvalue weighted by atomic mass is 9.97. The van der Waals surface area contributed by atoms with Gasteiger partial charge in [-0.1, -0.05) is 6.07 Å². The number of rotatable bonds is 1. The smallest absolute Gasteiger partial charge is 0.227 e. The normalized spacial score (nSPS) is 14.1. The number of hydrogen-bond donors (Lipinski definition) is 1. The van der Waals surface area contributed by atoms with E-state index in [-0.39, 0.29) is 5.82 Å². The summed E-state index contributed by atoms with van der Waals surface area (Å²) in [6.45, 7) is 0.995. The second kappa shape index (κ2) is 4.34. The van der Waals surface area contributed by atoms with Crippen molar-refractivity contribution < 1.29 is 8.81 Å². The summed E-state index contributed by atoms with van der Waals surface area (Å²) in [4.78, 5) is 4.47. The summed E-state index contributed by atoms with van der Waals surface area (Å²) in [5.74, 6) is 0.253. The van der Waals surface area contributed by atoms with E-state index in [9.17, 15) is 4.39 Å². The topological polar surface area (TPSA) is 38.1 Å². The van der Waals surface area contributed by atoms with Crippen molar-refractivity contribution in [2.75, 3.05) is 11.9 Å². The number of nitrogens with zero attached hydrogens (tertiary/aromatic N) is 1. The number of aromatic nitrogens is 1. The first-order chi connectivity index (χ1) is 9.81. The Hall–Kier alpha value is -2.36. The van der Waals surface area contributed by atoms with Gasteiger partial charge in [-0.3, -0.25) is 0 Å². The standard InChI is InChI=1S/C16H13FN2O/c17-10-6-7-14-15(9-10)20-16(19-14)12-3-1-5-13-11(12)4-2-8-18-13/h1,3,5-7,9,18H,2,4,8H2. The first-order valence-corrected chi connectivity index (χ1v) is 6.73. The van der Waals surface area contributed by atoms with E-state index in [0.717, 1.165) is 30.6 Å². The molecule has 4 rings (SSSR count). The first kappa shape index (κ1) is 11.5. The highest BCUT2D eigenvalue weighted by Gasteiger charge is 2.17. The summed E-state index contributed by atoms with van der Waals surface area (Å²) >= 11 is 0. The highest BCUT2D eigenvalue weighted by atomic mass is 19.1. The van der Waals surface area contributed by atoms with Crippen LogP contribution < -0.4 is 5.32 Å². The van der Waals surface area contributed by atoms with Gasteiger partial charge in [0.15, 0.2) is 5.58 Å². The van der Waals surface area contributed by atoms with Crippen molar-refractivity contribution in [3.63, 3.8) is 0 Å². The highest BCUT2D eigenvalue weighted by Crippen LogP contribution is 2.33. The maximum atomic E-state index is 13.2. The van der Waals surface area contributed by atoms with E-state index in [1.165, 1.54) is 17.7 Å². The molecule has 2 aromatic carbocycles. The Morgan fingerprint density at radius 3 is 3.10 bits per heavy atom. The third-order valence-electron chi connectivity index (χ3n) is 3.68. The number of nitrogens with one attached hydrogen (secondary N) is 1. The van der Waals surface area contributed by atoms with Gasteiger partial charge in [-0.15, -0.1) is 0 Å². The number of anilines is 1. The lowest BCUT2D eigenvalue weighted by Crippen LogP contribution is -2.12. The highest BCUT2D eigenvalue weighted by molar-refractivity contribution is 5.78. The molecule has 1 aromatic heterocycles. The van der Waals surface area contributed by atoms with Crippen molar-refractivity contribution in [3.05, 3.63) is 47.8 Å². The van der Waals surface area contributed by atoms with Gasteiger partial charge in [0.1, 0.15) is 11.3 Å². The molecular weight excluding hydrogens is 255 g/mol. The Bertz CT molecular complexity index is 794. The minimum Gasteiger partial charge on any atom is -0.436 e. The Morgan fingerprint density at radius 2 is 2.15 bits per heavy atom. The zero-order valence-electron chi connectivity index (χ0n) is 10.8. The van der Waals surface area contributed by atoms with Crippen molar-refractivity contribution >= 4 is 16.8 Å². The molecule has 0 unspecified atom stereocenters. The summed E-state index contributed by atoms with van der Waals surface area (Å²) in [7, 11) is 0. The first-order valence-electron chi connectivity index (χ1n) is 6.73. The average molecular weight is 268 g/mol. The van der Waals surface area contributed by atoms with Crippen LogP contribution in [0.4, 0.5) is 10.1 Å². The van der Waals surface area contributed by atoms with Crippen LogP contribution in [0.3, 0.4) is 0 Å². The molecular formula is C16H13FN2O. The van der Waals surface area contributed by atoms with E-state index in [1.807, 2.05) is 12.1 Å². The van der Waals surface area contributed by atoms with Crippen LogP contribution in [0.5, 0.6) is 0 Å². The van der Waals surface area contributed by atoms with Gasteiger partial charge in [-0.05, 0) is 42.7 Å². The summed E-state index contributed by atoms with van der Waals surface area (Å²) < 4.78 is 18.9. The van der Waals surface area contributed by atoms with Crippen LogP contribution in [0.15, 0.2) is 40.8 Å². The van der Waals surface area contributed by atoms with Crippen molar-refractivity contribution in [2.45, 2.75) is 12.8 Å². The largest absolute Gasteiger partial charge is 0.436 e. The number of fused-ring (bicyclic) bond motifs is 2. The van der Waals surface area contributed by atoms with Gasteiger partial charge >= 0.3 is 0 Å². The van der Waals surface area contributed by atoms with Crippen molar-refractivity contribution in [1.29, 1.82) is 0 Å². The van der Waals surface area contributed by atoms with E-state index in [2.05, 4.69) is 16.4 Å².